The van der Waals surface area contributed by atoms with Crippen molar-refractivity contribution in [3.8, 4) is 51.0 Å². The first-order valence-electron chi connectivity index (χ1n) is 18.1. The summed E-state index contributed by atoms with van der Waals surface area (Å²) >= 11 is 0. The molecule has 0 unspecified atom stereocenters. The second kappa shape index (κ2) is 12.1. The Balaban J connectivity index is 1.05. The molecular weight excluding hydrogens is 661 g/mol. The minimum absolute atomic E-state index is 0.603. The van der Waals surface area contributed by atoms with E-state index in [0.29, 0.717) is 17.5 Å². The van der Waals surface area contributed by atoms with Crippen molar-refractivity contribution in [2.75, 3.05) is 0 Å². The second-order valence-electron chi connectivity index (χ2n) is 13.6. The maximum absolute atomic E-state index is 6.59. The third-order valence-electron chi connectivity index (χ3n) is 10.4. The molecule has 252 valence electrons. The van der Waals surface area contributed by atoms with Crippen LogP contribution in [0.25, 0.3) is 105 Å². The van der Waals surface area contributed by atoms with Crippen molar-refractivity contribution >= 4 is 54.5 Å². The summed E-state index contributed by atoms with van der Waals surface area (Å²) in [6.45, 7) is 0. The minimum atomic E-state index is 0.603. The van der Waals surface area contributed by atoms with Crippen LogP contribution >= 0.6 is 0 Å². The van der Waals surface area contributed by atoms with E-state index in [0.717, 1.165) is 55.4 Å². The molecule has 54 heavy (non-hydrogen) atoms. The molecule has 0 aliphatic rings. The van der Waals surface area contributed by atoms with Crippen LogP contribution < -0.4 is 0 Å². The molecule has 0 amide bonds. The molecule has 3 aromatic heterocycles. The fourth-order valence-corrected chi connectivity index (χ4v) is 7.88. The first-order valence-corrected chi connectivity index (χ1v) is 18.1. The van der Waals surface area contributed by atoms with Crippen LogP contribution in [0.3, 0.4) is 0 Å². The number of hydrogen-bond acceptors (Lipinski definition) is 4. The normalized spacial score (nSPS) is 11.7. The van der Waals surface area contributed by atoms with Gasteiger partial charge in [0, 0.05) is 43.9 Å². The average molecular weight is 691 g/mol. The number of benzene rings is 8. The summed E-state index contributed by atoms with van der Waals surface area (Å²) in [6, 6.07) is 63.4. The van der Waals surface area contributed by atoms with Gasteiger partial charge in [-0.05, 0) is 70.4 Å². The van der Waals surface area contributed by atoms with Gasteiger partial charge in [0.25, 0.3) is 0 Å². The quantitative estimate of drug-likeness (QED) is 0.180. The number of rotatable bonds is 5. The minimum Gasteiger partial charge on any atom is -0.456 e. The molecule has 0 aliphatic carbocycles. The lowest BCUT2D eigenvalue weighted by Gasteiger charge is -2.11. The Hall–Kier alpha value is -7.37. The number of aromatic nitrogens is 4. The smallest absolute Gasteiger partial charge is 0.164 e. The van der Waals surface area contributed by atoms with Crippen LogP contribution in [-0.2, 0) is 0 Å². The molecule has 8 aromatic carbocycles. The van der Waals surface area contributed by atoms with E-state index in [1.54, 1.807) is 0 Å². The summed E-state index contributed by atoms with van der Waals surface area (Å²) in [4.78, 5) is 15.0. The molecule has 5 nitrogen and oxygen atoms in total. The van der Waals surface area contributed by atoms with E-state index in [-0.39, 0.29) is 0 Å². The lowest BCUT2D eigenvalue weighted by atomic mass is 10.0. The van der Waals surface area contributed by atoms with E-state index in [1.807, 2.05) is 72.8 Å². The van der Waals surface area contributed by atoms with Crippen LogP contribution in [0.4, 0.5) is 0 Å². The summed E-state index contributed by atoms with van der Waals surface area (Å²) in [7, 11) is 0. The van der Waals surface area contributed by atoms with Crippen molar-refractivity contribution in [1.82, 2.24) is 19.5 Å². The highest BCUT2D eigenvalue weighted by atomic mass is 16.3. The van der Waals surface area contributed by atoms with Gasteiger partial charge in [-0.1, -0.05) is 133 Å². The summed E-state index contributed by atoms with van der Waals surface area (Å²) in [5.74, 6) is 1.86. The summed E-state index contributed by atoms with van der Waals surface area (Å²) in [6.07, 6.45) is 0. The van der Waals surface area contributed by atoms with E-state index in [9.17, 15) is 0 Å². The SMILES string of the molecule is c1ccc(-c2nc(-c3ccccc3)nc(-c3cccc4oc5cc(-c6cccc(-n7c8ccccc8c8cc9ccccc9cc87)c6)ccc5c34)n2)cc1. The third kappa shape index (κ3) is 4.90. The van der Waals surface area contributed by atoms with Gasteiger partial charge in [-0.3, -0.25) is 0 Å². The molecule has 3 heterocycles. The standard InChI is InChI=1S/C49H30N4O/c1-3-13-31(14-4-1)47-50-48(32-15-5-2-6-16-32)52-49(51-47)40-22-12-24-44-46(40)39-26-25-36(30-45(39)54-44)33-19-11-20-37(27-33)53-42-23-10-9-21-38(42)41-28-34-17-7-8-18-35(34)29-43(41)53/h1-30H. The predicted molar refractivity (Wildman–Crippen MR) is 221 cm³/mol. The van der Waals surface area contributed by atoms with Crippen LogP contribution in [0.15, 0.2) is 186 Å². The molecule has 0 spiro atoms. The highest BCUT2D eigenvalue weighted by molar-refractivity contribution is 6.14. The Morgan fingerprint density at radius 3 is 1.78 bits per heavy atom. The van der Waals surface area contributed by atoms with Gasteiger partial charge in [-0.15, -0.1) is 0 Å². The topological polar surface area (TPSA) is 56.7 Å². The van der Waals surface area contributed by atoms with Crippen LogP contribution in [0.1, 0.15) is 0 Å². The average Bonchev–Trinajstić information content (AvgIpc) is 3.78. The molecule has 0 atom stereocenters. The van der Waals surface area contributed by atoms with Gasteiger partial charge in [0.05, 0.1) is 11.0 Å². The van der Waals surface area contributed by atoms with E-state index in [4.69, 9.17) is 19.4 Å². The number of nitrogens with zero attached hydrogens (tertiary/aromatic N) is 4. The number of fused-ring (bicyclic) bond motifs is 7. The maximum Gasteiger partial charge on any atom is 0.164 e. The largest absolute Gasteiger partial charge is 0.456 e. The first kappa shape index (κ1) is 30.3. The lowest BCUT2D eigenvalue weighted by molar-refractivity contribution is 0.669. The van der Waals surface area contributed by atoms with Crippen molar-refractivity contribution in [3.05, 3.63) is 182 Å². The number of para-hydroxylation sites is 1. The van der Waals surface area contributed by atoms with E-state index in [2.05, 4.69) is 114 Å². The number of furan rings is 1. The van der Waals surface area contributed by atoms with Gasteiger partial charge in [0.2, 0.25) is 0 Å². The molecule has 0 bridgehead atoms. The lowest BCUT2D eigenvalue weighted by Crippen LogP contribution is -2.00. The fraction of sp³-hybridized carbons (Fsp3) is 0. The van der Waals surface area contributed by atoms with Crippen molar-refractivity contribution in [2.45, 2.75) is 0 Å². The Bertz CT molecular complexity index is 3160. The molecule has 0 saturated carbocycles. The first-order chi connectivity index (χ1) is 26.7. The van der Waals surface area contributed by atoms with Crippen molar-refractivity contribution in [3.63, 3.8) is 0 Å². The zero-order valence-corrected chi connectivity index (χ0v) is 29.0. The van der Waals surface area contributed by atoms with Gasteiger partial charge in [0.1, 0.15) is 11.2 Å². The monoisotopic (exact) mass is 690 g/mol. The zero-order chi connectivity index (χ0) is 35.6. The van der Waals surface area contributed by atoms with E-state index < -0.39 is 0 Å². The highest BCUT2D eigenvalue weighted by Crippen LogP contribution is 2.40. The molecular formula is C49H30N4O. The number of hydrogen-bond donors (Lipinski definition) is 0. The van der Waals surface area contributed by atoms with Crippen molar-refractivity contribution in [2.24, 2.45) is 0 Å². The van der Waals surface area contributed by atoms with E-state index >= 15 is 0 Å². The molecule has 0 fully saturated rings. The molecule has 11 aromatic rings. The van der Waals surface area contributed by atoms with Crippen LogP contribution in [0.5, 0.6) is 0 Å². The van der Waals surface area contributed by atoms with Gasteiger partial charge < -0.3 is 8.98 Å². The van der Waals surface area contributed by atoms with Gasteiger partial charge in [-0.2, -0.15) is 0 Å². The van der Waals surface area contributed by atoms with Crippen LogP contribution in [0.2, 0.25) is 0 Å². The second-order valence-corrected chi connectivity index (χ2v) is 13.6. The van der Waals surface area contributed by atoms with Gasteiger partial charge >= 0.3 is 0 Å². The molecule has 5 heteroatoms. The van der Waals surface area contributed by atoms with E-state index in [1.165, 1.54) is 32.6 Å². The molecule has 0 N–H and O–H groups in total. The summed E-state index contributed by atoms with van der Waals surface area (Å²) in [5.41, 5.74) is 10.0. The Labute approximate surface area is 310 Å². The third-order valence-corrected chi connectivity index (χ3v) is 10.4. The Kier molecular flexibility index (Phi) is 6.79. The fourth-order valence-electron chi connectivity index (χ4n) is 7.88. The summed E-state index contributed by atoms with van der Waals surface area (Å²) < 4.78 is 8.97. The Morgan fingerprint density at radius 1 is 0.370 bits per heavy atom. The summed E-state index contributed by atoms with van der Waals surface area (Å²) in [5, 5.41) is 6.96. The van der Waals surface area contributed by atoms with Gasteiger partial charge in [0.15, 0.2) is 17.5 Å². The van der Waals surface area contributed by atoms with Crippen LogP contribution in [0, 0.1) is 0 Å². The highest BCUT2D eigenvalue weighted by Gasteiger charge is 2.19. The zero-order valence-electron chi connectivity index (χ0n) is 29.0. The van der Waals surface area contributed by atoms with Gasteiger partial charge in [-0.25, -0.2) is 15.0 Å². The molecule has 0 saturated heterocycles. The Morgan fingerprint density at radius 2 is 1.00 bits per heavy atom. The van der Waals surface area contributed by atoms with Crippen molar-refractivity contribution < 1.29 is 4.42 Å². The molecule has 11 rings (SSSR count). The van der Waals surface area contributed by atoms with Crippen LogP contribution in [-0.4, -0.2) is 19.5 Å². The molecule has 0 radical (unpaired) electrons. The maximum atomic E-state index is 6.59. The van der Waals surface area contributed by atoms with Crippen molar-refractivity contribution in [1.29, 1.82) is 0 Å². The predicted octanol–water partition coefficient (Wildman–Crippen LogP) is 12.7. The molecule has 0 aliphatic heterocycles.